The second-order valence-electron chi connectivity index (χ2n) is 6.50. The number of fused-ring (bicyclic) bond motifs is 2. The number of nitrogens with zero attached hydrogens (tertiary/aromatic N) is 1. The molecule has 3 saturated heterocycles. The zero-order valence-corrected chi connectivity index (χ0v) is 11.8. The Hall–Kier alpha value is -0.120. The van der Waals surface area contributed by atoms with Crippen LogP contribution in [0.4, 0.5) is 0 Å². The fourth-order valence-corrected chi connectivity index (χ4v) is 4.04. The first kappa shape index (κ1) is 12.9. The molecule has 2 bridgehead atoms. The molecule has 3 heterocycles. The predicted molar refractivity (Wildman–Crippen MR) is 71.7 cm³/mol. The number of hydrogen-bond donors (Lipinski definition) is 0. The summed E-state index contributed by atoms with van der Waals surface area (Å²) in [6.45, 7) is 6.46. The molecule has 0 aromatic heterocycles. The number of ether oxygens (including phenoxy) is 2. The molecule has 3 nitrogen and oxygen atoms in total. The summed E-state index contributed by atoms with van der Waals surface area (Å²) in [5.74, 6) is 0. The van der Waals surface area contributed by atoms with Crippen LogP contribution in [0, 0.1) is 0 Å². The molecule has 4 atom stereocenters. The van der Waals surface area contributed by atoms with E-state index in [1.165, 1.54) is 45.1 Å². The van der Waals surface area contributed by atoms with Gasteiger partial charge in [-0.25, -0.2) is 0 Å². The van der Waals surface area contributed by atoms with Crippen molar-refractivity contribution >= 4 is 0 Å². The molecule has 0 saturated carbocycles. The summed E-state index contributed by atoms with van der Waals surface area (Å²) in [7, 11) is 0. The maximum absolute atomic E-state index is 6.03. The Bertz CT molecular complexity index is 262. The van der Waals surface area contributed by atoms with Crippen molar-refractivity contribution < 1.29 is 9.47 Å². The quantitative estimate of drug-likeness (QED) is 0.768. The van der Waals surface area contributed by atoms with Gasteiger partial charge in [0.15, 0.2) is 0 Å². The van der Waals surface area contributed by atoms with Crippen molar-refractivity contribution in [3.8, 4) is 0 Å². The highest BCUT2D eigenvalue weighted by Gasteiger charge is 2.42. The van der Waals surface area contributed by atoms with E-state index in [0.29, 0.717) is 18.3 Å². The van der Waals surface area contributed by atoms with Crippen molar-refractivity contribution in [1.82, 2.24) is 4.90 Å². The highest BCUT2D eigenvalue weighted by atomic mass is 16.5. The van der Waals surface area contributed by atoms with Crippen LogP contribution in [-0.4, -0.2) is 48.4 Å². The fraction of sp³-hybridized carbons (Fsp3) is 1.00. The molecule has 0 spiro atoms. The molecule has 3 fully saturated rings. The monoisotopic (exact) mass is 253 g/mol. The average molecular weight is 253 g/mol. The molecular formula is C15H27NO2. The van der Waals surface area contributed by atoms with Gasteiger partial charge >= 0.3 is 0 Å². The second kappa shape index (κ2) is 5.48. The SMILES string of the molecule is CC(C)OC1C[C@H]2CC[C@@H](C1)N2CC1CCCO1. The van der Waals surface area contributed by atoms with Crippen molar-refractivity contribution in [3.63, 3.8) is 0 Å². The minimum atomic E-state index is 0.374. The smallest absolute Gasteiger partial charge is 0.0703 e. The lowest BCUT2D eigenvalue weighted by Gasteiger charge is -2.40. The van der Waals surface area contributed by atoms with Crippen LogP contribution >= 0.6 is 0 Å². The van der Waals surface area contributed by atoms with E-state index in [4.69, 9.17) is 9.47 Å². The summed E-state index contributed by atoms with van der Waals surface area (Å²) in [4.78, 5) is 2.73. The Morgan fingerprint density at radius 2 is 1.89 bits per heavy atom. The lowest BCUT2D eigenvalue weighted by Crippen LogP contribution is -2.48. The van der Waals surface area contributed by atoms with Crippen LogP contribution in [0.3, 0.4) is 0 Å². The first-order chi connectivity index (χ1) is 8.72. The van der Waals surface area contributed by atoms with Gasteiger partial charge in [0.05, 0.1) is 18.3 Å². The minimum absolute atomic E-state index is 0.374. The Labute approximate surface area is 111 Å². The average Bonchev–Trinajstić information content (AvgIpc) is 2.88. The summed E-state index contributed by atoms with van der Waals surface area (Å²) in [6, 6.07) is 1.52. The van der Waals surface area contributed by atoms with E-state index in [1.807, 2.05) is 0 Å². The number of hydrogen-bond acceptors (Lipinski definition) is 3. The van der Waals surface area contributed by atoms with Gasteiger partial charge in [-0.05, 0) is 52.4 Å². The van der Waals surface area contributed by atoms with Crippen molar-refractivity contribution in [2.24, 2.45) is 0 Å². The first-order valence-electron chi connectivity index (χ1n) is 7.75. The largest absolute Gasteiger partial charge is 0.377 e. The van der Waals surface area contributed by atoms with Gasteiger partial charge in [-0.15, -0.1) is 0 Å². The van der Waals surface area contributed by atoms with Gasteiger partial charge in [0.2, 0.25) is 0 Å². The summed E-state index contributed by atoms with van der Waals surface area (Å²) in [5, 5.41) is 0. The van der Waals surface area contributed by atoms with Crippen LogP contribution < -0.4 is 0 Å². The molecule has 0 aromatic carbocycles. The molecule has 0 aliphatic carbocycles. The predicted octanol–water partition coefficient (Wildman–Crippen LogP) is 2.59. The van der Waals surface area contributed by atoms with Crippen molar-refractivity contribution in [2.45, 2.75) is 82.8 Å². The topological polar surface area (TPSA) is 21.7 Å². The molecule has 104 valence electrons. The standard InChI is InChI=1S/C15H27NO2/c1-11(2)18-15-8-12-5-6-13(9-15)16(12)10-14-4-3-7-17-14/h11-15H,3-10H2,1-2H3/t12-,13+,14?,15?. The van der Waals surface area contributed by atoms with Gasteiger partial charge in [0.25, 0.3) is 0 Å². The Morgan fingerprint density at radius 1 is 1.17 bits per heavy atom. The molecule has 3 heteroatoms. The van der Waals surface area contributed by atoms with Gasteiger partial charge in [0, 0.05) is 25.2 Å². The number of rotatable bonds is 4. The minimum Gasteiger partial charge on any atom is -0.377 e. The third-order valence-corrected chi connectivity index (χ3v) is 4.74. The molecule has 0 aromatic rings. The molecule has 18 heavy (non-hydrogen) atoms. The molecular weight excluding hydrogens is 226 g/mol. The summed E-state index contributed by atoms with van der Waals surface area (Å²) < 4.78 is 11.8. The van der Waals surface area contributed by atoms with E-state index in [2.05, 4.69) is 18.7 Å². The summed E-state index contributed by atoms with van der Waals surface area (Å²) in [6.07, 6.45) is 9.13. The fourth-order valence-electron chi connectivity index (χ4n) is 4.04. The zero-order valence-electron chi connectivity index (χ0n) is 11.8. The van der Waals surface area contributed by atoms with E-state index in [-0.39, 0.29) is 0 Å². The van der Waals surface area contributed by atoms with Crippen LogP contribution in [0.2, 0.25) is 0 Å². The van der Waals surface area contributed by atoms with Crippen molar-refractivity contribution in [1.29, 1.82) is 0 Å². The van der Waals surface area contributed by atoms with E-state index < -0.39 is 0 Å². The van der Waals surface area contributed by atoms with E-state index in [9.17, 15) is 0 Å². The van der Waals surface area contributed by atoms with Crippen molar-refractivity contribution in [3.05, 3.63) is 0 Å². The lowest BCUT2D eigenvalue weighted by atomic mass is 9.98. The number of piperidine rings is 1. The van der Waals surface area contributed by atoms with Crippen LogP contribution in [0.25, 0.3) is 0 Å². The Morgan fingerprint density at radius 3 is 2.44 bits per heavy atom. The molecule has 0 N–H and O–H groups in total. The highest BCUT2D eigenvalue weighted by Crippen LogP contribution is 2.37. The van der Waals surface area contributed by atoms with Gasteiger partial charge in [-0.2, -0.15) is 0 Å². The third kappa shape index (κ3) is 2.73. The van der Waals surface area contributed by atoms with Gasteiger partial charge in [0.1, 0.15) is 0 Å². The van der Waals surface area contributed by atoms with Crippen LogP contribution in [0.1, 0.15) is 52.4 Å². The third-order valence-electron chi connectivity index (χ3n) is 4.74. The van der Waals surface area contributed by atoms with E-state index >= 15 is 0 Å². The molecule has 3 rings (SSSR count). The second-order valence-corrected chi connectivity index (χ2v) is 6.50. The molecule has 3 aliphatic rings. The molecule has 0 radical (unpaired) electrons. The molecule has 3 aliphatic heterocycles. The summed E-state index contributed by atoms with van der Waals surface area (Å²) in [5.41, 5.74) is 0. The Balaban J connectivity index is 1.55. The van der Waals surface area contributed by atoms with Crippen molar-refractivity contribution in [2.75, 3.05) is 13.2 Å². The molecule has 0 amide bonds. The van der Waals surface area contributed by atoms with E-state index in [1.54, 1.807) is 0 Å². The molecule has 2 unspecified atom stereocenters. The Kier molecular flexibility index (Phi) is 3.92. The summed E-state index contributed by atoms with van der Waals surface area (Å²) >= 11 is 0. The maximum Gasteiger partial charge on any atom is 0.0703 e. The first-order valence-corrected chi connectivity index (χ1v) is 7.75. The zero-order chi connectivity index (χ0) is 12.5. The van der Waals surface area contributed by atoms with Gasteiger partial charge in [-0.1, -0.05) is 0 Å². The van der Waals surface area contributed by atoms with E-state index in [0.717, 1.165) is 18.7 Å². The highest BCUT2D eigenvalue weighted by molar-refractivity contribution is 4.96. The van der Waals surface area contributed by atoms with Crippen LogP contribution in [0.15, 0.2) is 0 Å². The lowest BCUT2D eigenvalue weighted by molar-refractivity contribution is -0.0569. The maximum atomic E-state index is 6.03. The van der Waals surface area contributed by atoms with Crippen LogP contribution in [-0.2, 0) is 9.47 Å². The van der Waals surface area contributed by atoms with Gasteiger partial charge < -0.3 is 9.47 Å². The van der Waals surface area contributed by atoms with Crippen LogP contribution in [0.5, 0.6) is 0 Å². The van der Waals surface area contributed by atoms with Gasteiger partial charge in [-0.3, -0.25) is 4.90 Å². The normalized spacial score (nSPS) is 40.8.